The van der Waals surface area contributed by atoms with E-state index in [0.29, 0.717) is 11.6 Å². The Kier molecular flexibility index (Phi) is 2.78. The van der Waals surface area contributed by atoms with Gasteiger partial charge in [0.2, 0.25) is 0 Å². The van der Waals surface area contributed by atoms with Crippen LogP contribution in [0.4, 0.5) is 4.39 Å². The molecule has 84 valence electrons. The summed E-state index contributed by atoms with van der Waals surface area (Å²) in [4.78, 5) is 0. The molecule has 7 heteroatoms. The van der Waals surface area contributed by atoms with Crippen molar-refractivity contribution in [2.75, 3.05) is 7.11 Å². The van der Waals surface area contributed by atoms with Crippen molar-refractivity contribution in [3.8, 4) is 11.4 Å². The Bertz CT molecular complexity index is 498. The molecule has 16 heavy (non-hydrogen) atoms. The van der Waals surface area contributed by atoms with Crippen molar-refractivity contribution in [2.45, 2.75) is 6.54 Å². The van der Waals surface area contributed by atoms with E-state index in [1.807, 2.05) is 0 Å². The molecule has 2 aromatic rings. The molecule has 0 atom stereocenters. The number of methoxy groups -OCH3 is 1. The lowest BCUT2D eigenvalue weighted by molar-refractivity contribution is 0.413. The number of hydrogen-bond donors (Lipinski definition) is 1. The third kappa shape index (κ3) is 1.72. The summed E-state index contributed by atoms with van der Waals surface area (Å²) in [6.07, 6.45) is 0. The lowest BCUT2D eigenvalue weighted by Gasteiger charge is -2.06. The molecule has 0 aliphatic carbocycles. The lowest BCUT2D eigenvalue weighted by atomic mass is 10.3. The van der Waals surface area contributed by atoms with E-state index in [-0.39, 0.29) is 12.2 Å². The molecule has 0 fully saturated rings. The number of tetrazole rings is 1. The maximum Gasteiger partial charge on any atom is 0.170 e. The van der Waals surface area contributed by atoms with Gasteiger partial charge in [-0.05, 0) is 22.6 Å². The summed E-state index contributed by atoms with van der Waals surface area (Å²) in [5, 5.41) is 10.8. The van der Waals surface area contributed by atoms with Crippen LogP contribution in [0.25, 0.3) is 5.69 Å². The van der Waals surface area contributed by atoms with Gasteiger partial charge in [-0.3, -0.25) is 0 Å². The molecule has 1 heterocycles. The molecule has 6 nitrogen and oxygen atoms in total. The summed E-state index contributed by atoms with van der Waals surface area (Å²) >= 11 is 0. The molecular formula is C9H10FN5O. The van der Waals surface area contributed by atoms with Crippen molar-refractivity contribution in [3.05, 3.63) is 29.8 Å². The summed E-state index contributed by atoms with van der Waals surface area (Å²) in [5.74, 6) is 0.463. The fourth-order valence-corrected chi connectivity index (χ4v) is 1.30. The zero-order valence-corrected chi connectivity index (χ0v) is 8.59. The molecular weight excluding hydrogens is 213 g/mol. The first-order valence-corrected chi connectivity index (χ1v) is 4.57. The standard InChI is InChI=1S/C9H10FN5O/c1-16-6-2-3-7(10)8(4-6)15-9(5-11)12-13-14-15/h2-4H,5,11H2,1H3. The smallest absolute Gasteiger partial charge is 0.170 e. The van der Waals surface area contributed by atoms with E-state index in [1.165, 1.54) is 30.0 Å². The summed E-state index contributed by atoms with van der Waals surface area (Å²) in [6.45, 7) is 0.129. The molecule has 2 N–H and O–H groups in total. The minimum atomic E-state index is -0.442. The number of rotatable bonds is 3. The largest absolute Gasteiger partial charge is 0.497 e. The molecule has 0 bridgehead atoms. The Morgan fingerprint density at radius 1 is 1.50 bits per heavy atom. The highest BCUT2D eigenvalue weighted by Crippen LogP contribution is 2.19. The van der Waals surface area contributed by atoms with Crippen LogP contribution in [0.3, 0.4) is 0 Å². The van der Waals surface area contributed by atoms with Gasteiger partial charge in [0.05, 0.1) is 13.7 Å². The van der Waals surface area contributed by atoms with Crippen LogP contribution in [0, 0.1) is 5.82 Å². The number of aromatic nitrogens is 4. The molecule has 0 spiro atoms. The highest BCUT2D eigenvalue weighted by atomic mass is 19.1. The first kappa shape index (κ1) is 10.5. The minimum Gasteiger partial charge on any atom is -0.497 e. The monoisotopic (exact) mass is 223 g/mol. The van der Waals surface area contributed by atoms with Crippen molar-refractivity contribution in [1.82, 2.24) is 20.2 Å². The van der Waals surface area contributed by atoms with Gasteiger partial charge >= 0.3 is 0 Å². The topological polar surface area (TPSA) is 78.8 Å². The second-order valence-electron chi connectivity index (χ2n) is 3.03. The van der Waals surface area contributed by atoms with Gasteiger partial charge in [-0.1, -0.05) is 0 Å². The minimum absolute atomic E-state index is 0.129. The summed E-state index contributed by atoms with van der Waals surface area (Å²) in [7, 11) is 1.50. The van der Waals surface area contributed by atoms with E-state index < -0.39 is 5.82 Å². The van der Waals surface area contributed by atoms with Crippen molar-refractivity contribution in [1.29, 1.82) is 0 Å². The van der Waals surface area contributed by atoms with E-state index in [4.69, 9.17) is 10.5 Å². The maximum atomic E-state index is 13.6. The lowest BCUT2D eigenvalue weighted by Crippen LogP contribution is -2.09. The number of ether oxygens (including phenoxy) is 1. The molecule has 0 aliphatic heterocycles. The first-order valence-electron chi connectivity index (χ1n) is 4.57. The predicted octanol–water partition coefficient (Wildman–Crippen LogP) is 0.269. The van der Waals surface area contributed by atoms with Crippen LogP contribution in [0.2, 0.25) is 0 Å². The van der Waals surface area contributed by atoms with E-state index >= 15 is 0 Å². The predicted molar refractivity (Wildman–Crippen MR) is 53.6 cm³/mol. The van der Waals surface area contributed by atoms with Gasteiger partial charge in [0, 0.05) is 6.07 Å². The van der Waals surface area contributed by atoms with Gasteiger partial charge in [0.15, 0.2) is 5.82 Å². The second-order valence-corrected chi connectivity index (χ2v) is 3.03. The van der Waals surface area contributed by atoms with Crippen LogP contribution >= 0.6 is 0 Å². The summed E-state index contributed by atoms with van der Waals surface area (Å²) in [5.41, 5.74) is 5.65. The normalized spacial score (nSPS) is 10.4. The van der Waals surface area contributed by atoms with Crippen LogP contribution in [-0.4, -0.2) is 27.3 Å². The summed E-state index contributed by atoms with van der Waals surface area (Å²) < 4.78 is 19.8. The molecule has 0 amide bonds. The van der Waals surface area contributed by atoms with Crippen molar-refractivity contribution in [3.63, 3.8) is 0 Å². The average Bonchev–Trinajstić information content (AvgIpc) is 2.77. The third-order valence-electron chi connectivity index (χ3n) is 2.10. The molecule has 2 rings (SSSR count). The molecule has 0 saturated carbocycles. The van der Waals surface area contributed by atoms with Gasteiger partial charge < -0.3 is 10.5 Å². The van der Waals surface area contributed by atoms with Gasteiger partial charge in [0.1, 0.15) is 17.3 Å². The maximum absolute atomic E-state index is 13.6. The summed E-state index contributed by atoms with van der Waals surface area (Å²) in [6, 6.07) is 4.31. The number of halogens is 1. The zero-order valence-electron chi connectivity index (χ0n) is 8.59. The molecule has 0 radical (unpaired) electrons. The Morgan fingerprint density at radius 2 is 2.31 bits per heavy atom. The quantitative estimate of drug-likeness (QED) is 0.807. The van der Waals surface area contributed by atoms with Crippen LogP contribution in [0.1, 0.15) is 5.82 Å². The van der Waals surface area contributed by atoms with Crippen molar-refractivity contribution < 1.29 is 9.13 Å². The Hall–Kier alpha value is -2.02. The molecule has 0 aliphatic rings. The zero-order chi connectivity index (χ0) is 11.5. The highest BCUT2D eigenvalue weighted by Gasteiger charge is 2.12. The number of benzene rings is 1. The van der Waals surface area contributed by atoms with Gasteiger partial charge in [-0.15, -0.1) is 5.10 Å². The molecule has 1 aromatic heterocycles. The Labute approximate surface area is 90.8 Å². The Morgan fingerprint density at radius 3 is 3.00 bits per heavy atom. The highest BCUT2D eigenvalue weighted by molar-refractivity contribution is 5.40. The average molecular weight is 223 g/mol. The SMILES string of the molecule is COc1ccc(F)c(-n2nnnc2CN)c1. The van der Waals surface area contributed by atoms with Gasteiger partial charge in [0.25, 0.3) is 0 Å². The van der Waals surface area contributed by atoms with Crippen LogP contribution in [0.5, 0.6) is 5.75 Å². The van der Waals surface area contributed by atoms with E-state index in [2.05, 4.69) is 15.5 Å². The van der Waals surface area contributed by atoms with E-state index in [1.54, 1.807) is 0 Å². The fraction of sp³-hybridized carbons (Fsp3) is 0.222. The van der Waals surface area contributed by atoms with E-state index in [9.17, 15) is 4.39 Å². The van der Waals surface area contributed by atoms with Crippen LogP contribution in [-0.2, 0) is 6.54 Å². The van der Waals surface area contributed by atoms with Crippen molar-refractivity contribution >= 4 is 0 Å². The molecule has 1 aromatic carbocycles. The third-order valence-corrected chi connectivity index (χ3v) is 2.10. The number of nitrogens with two attached hydrogens (primary N) is 1. The van der Waals surface area contributed by atoms with Crippen molar-refractivity contribution in [2.24, 2.45) is 5.73 Å². The number of hydrogen-bond acceptors (Lipinski definition) is 5. The van der Waals surface area contributed by atoms with Crippen LogP contribution < -0.4 is 10.5 Å². The van der Waals surface area contributed by atoms with Gasteiger partial charge in [-0.25, -0.2) is 4.39 Å². The fourth-order valence-electron chi connectivity index (χ4n) is 1.30. The number of nitrogens with zero attached hydrogens (tertiary/aromatic N) is 4. The van der Waals surface area contributed by atoms with Gasteiger partial charge in [-0.2, -0.15) is 4.68 Å². The first-order chi connectivity index (χ1) is 7.76. The second kappa shape index (κ2) is 4.23. The van der Waals surface area contributed by atoms with Crippen LogP contribution in [0.15, 0.2) is 18.2 Å². The Balaban J connectivity index is 2.54. The van der Waals surface area contributed by atoms with E-state index in [0.717, 1.165) is 0 Å². The molecule has 0 saturated heterocycles. The molecule has 0 unspecified atom stereocenters.